The molecule has 5 nitrogen and oxygen atoms in total. The molecule has 0 bridgehead atoms. The van der Waals surface area contributed by atoms with Gasteiger partial charge in [-0.15, -0.1) is 6.58 Å². The number of Topliss-reactive ketones (excluding diaryl/α,β-unsaturated/α-hetero) is 1. The molecule has 0 saturated heterocycles. The van der Waals surface area contributed by atoms with Crippen molar-refractivity contribution >= 4 is 11.5 Å². The highest BCUT2D eigenvalue weighted by molar-refractivity contribution is 6.02. The first-order valence-corrected chi connectivity index (χ1v) is 9.19. The van der Waals surface area contributed by atoms with Crippen LogP contribution in [0.2, 0.25) is 0 Å². The average molecular weight is 361 g/mol. The van der Waals surface area contributed by atoms with E-state index >= 15 is 0 Å². The predicted molar refractivity (Wildman–Crippen MR) is 106 cm³/mol. The van der Waals surface area contributed by atoms with Crippen molar-refractivity contribution in [2.45, 2.75) is 32.0 Å². The minimum Gasteiger partial charge on any atom is -0.374 e. The Hall–Kier alpha value is -2.88. The van der Waals surface area contributed by atoms with E-state index in [2.05, 4.69) is 16.6 Å². The van der Waals surface area contributed by atoms with Crippen molar-refractivity contribution in [1.82, 2.24) is 0 Å². The first kappa shape index (κ1) is 18.9. The summed E-state index contributed by atoms with van der Waals surface area (Å²) in [5.74, 6) is -0.0929. The van der Waals surface area contributed by atoms with Crippen LogP contribution in [0, 0.1) is 11.8 Å². The molecule has 3 rings (SSSR count). The van der Waals surface area contributed by atoms with Crippen molar-refractivity contribution in [2.24, 2.45) is 17.0 Å². The number of ether oxygens (including phenoxy) is 1. The molecule has 2 aromatic rings. The Morgan fingerprint density at radius 1 is 1.19 bits per heavy atom. The predicted octanol–water partition coefficient (Wildman–Crippen LogP) is 6.00. The van der Waals surface area contributed by atoms with Gasteiger partial charge in [-0.1, -0.05) is 65.8 Å². The van der Waals surface area contributed by atoms with Crippen LogP contribution in [0.1, 0.15) is 35.2 Å². The normalized spacial score (nSPS) is 21.9. The fraction of sp³-hybridized carbons (Fsp3) is 0.318. The Kier molecular flexibility index (Phi) is 6.42. The standard InChI is InChI=1S/C22H23N3O2/c1-2-17-14-18(27-15-16-8-4-3-5-9-16)12-13-19(17)22(26)20-10-6-7-11-21(20)24-25-23/h2-11,17-19H,1,12-15H2/t17-,18+,19?/m0/s1. The van der Waals surface area contributed by atoms with Crippen molar-refractivity contribution in [3.8, 4) is 0 Å². The summed E-state index contributed by atoms with van der Waals surface area (Å²) >= 11 is 0. The summed E-state index contributed by atoms with van der Waals surface area (Å²) in [5.41, 5.74) is 10.8. The molecule has 138 valence electrons. The van der Waals surface area contributed by atoms with Crippen molar-refractivity contribution in [1.29, 1.82) is 0 Å². The third-order valence-corrected chi connectivity index (χ3v) is 5.14. The van der Waals surface area contributed by atoms with Gasteiger partial charge in [0.25, 0.3) is 0 Å². The molecule has 27 heavy (non-hydrogen) atoms. The maximum atomic E-state index is 13.1. The quantitative estimate of drug-likeness (QED) is 0.199. The smallest absolute Gasteiger partial charge is 0.166 e. The highest BCUT2D eigenvalue weighted by Gasteiger charge is 2.34. The topological polar surface area (TPSA) is 75.1 Å². The number of azide groups is 1. The highest BCUT2D eigenvalue weighted by atomic mass is 16.5. The number of carbonyl (C=O) groups excluding carboxylic acids is 1. The first-order chi connectivity index (χ1) is 13.2. The molecule has 3 atom stereocenters. The molecular formula is C22H23N3O2. The largest absolute Gasteiger partial charge is 0.374 e. The Labute approximate surface area is 159 Å². The van der Waals surface area contributed by atoms with Crippen molar-refractivity contribution in [3.63, 3.8) is 0 Å². The molecule has 1 aliphatic rings. The van der Waals surface area contributed by atoms with E-state index in [1.807, 2.05) is 36.4 Å². The maximum absolute atomic E-state index is 13.1. The summed E-state index contributed by atoms with van der Waals surface area (Å²) in [7, 11) is 0. The molecule has 0 spiro atoms. The summed E-state index contributed by atoms with van der Waals surface area (Å²) in [4.78, 5) is 15.9. The lowest BCUT2D eigenvalue weighted by atomic mass is 9.74. The second kappa shape index (κ2) is 9.17. The fourth-order valence-electron chi connectivity index (χ4n) is 3.71. The molecule has 1 saturated carbocycles. The van der Waals surface area contributed by atoms with E-state index in [4.69, 9.17) is 10.3 Å². The van der Waals surface area contributed by atoms with Crippen LogP contribution in [0.25, 0.3) is 10.4 Å². The zero-order valence-electron chi connectivity index (χ0n) is 15.2. The minimum atomic E-state index is -0.158. The first-order valence-electron chi connectivity index (χ1n) is 9.19. The Morgan fingerprint density at radius 2 is 1.93 bits per heavy atom. The van der Waals surface area contributed by atoms with Crippen molar-refractivity contribution in [3.05, 3.63) is 88.8 Å². The molecule has 5 heteroatoms. The molecule has 0 aromatic heterocycles. The van der Waals surface area contributed by atoms with E-state index in [-0.39, 0.29) is 23.7 Å². The van der Waals surface area contributed by atoms with Crippen LogP contribution >= 0.6 is 0 Å². The third-order valence-electron chi connectivity index (χ3n) is 5.14. The van der Waals surface area contributed by atoms with Crippen LogP contribution in [-0.2, 0) is 11.3 Å². The van der Waals surface area contributed by atoms with Gasteiger partial charge in [0.2, 0.25) is 0 Å². The van der Waals surface area contributed by atoms with E-state index in [9.17, 15) is 4.79 Å². The zero-order valence-corrected chi connectivity index (χ0v) is 15.2. The number of rotatable bonds is 7. The third kappa shape index (κ3) is 4.64. The zero-order chi connectivity index (χ0) is 19.1. The van der Waals surface area contributed by atoms with Gasteiger partial charge in [0.1, 0.15) is 0 Å². The number of hydrogen-bond donors (Lipinski definition) is 0. The van der Waals surface area contributed by atoms with Crippen LogP contribution in [0.5, 0.6) is 0 Å². The van der Waals surface area contributed by atoms with Crippen LogP contribution in [0.3, 0.4) is 0 Å². The Morgan fingerprint density at radius 3 is 2.67 bits per heavy atom. The number of allylic oxidation sites excluding steroid dienone is 1. The second-order valence-electron chi connectivity index (χ2n) is 6.81. The molecule has 0 amide bonds. The van der Waals surface area contributed by atoms with Gasteiger partial charge in [-0.05, 0) is 36.3 Å². The van der Waals surface area contributed by atoms with Gasteiger partial charge in [-0.25, -0.2) is 0 Å². The molecule has 2 aromatic carbocycles. The van der Waals surface area contributed by atoms with Crippen LogP contribution < -0.4 is 0 Å². The number of hydrogen-bond acceptors (Lipinski definition) is 3. The SMILES string of the molecule is C=C[C@H]1C[C@H](OCc2ccccc2)CCC1C(=O)c1ccccc1N=[N+]=[N-]. The number of nitrogens with zero attached hydrogens (tertiary/aromatic N) is 3. The average Bonchev–Trinajstić information content (AvgIpc) is 2.73. The number of benzene rings is 2. The number of ketones is 1. The molecule has 1 aliphatic carbocycles. The van der Waals surface area contributed by atoms with Gasteiger partial charge in [0, 0.05) is 22.1 Å². The minimum absolute atomic E-state index is 0.0180. The van der Waals surface area contributed by atoms with Gasteiger partial charge in [-0.2, -0.15) is 0 Å². The molecule has 1 fully saturated rings. The fourth-order valence-corrected chi connectivity index (χ4v) is 3.71. The molecule has 0 heterocycles. The van der Waals surface area contributed by atoms with Crippen LogP contribution in [-0.4, -0.2) is 11.9 Å². The van der Waals surface area contributed by atoms with Crippen LogP contribution in [0.4, 0.5) is 5.69 Å². The van der Waals surface area contributed by atoms with Gasteiger partial charge in [-0.3, -0.25) is 4.79 Å². The molecule has 0 radical (unpaired) electrons. The molecule has 0 N–H and O–H groups in total. The monoisotopic (exact) mass is 361 g/mol. The summed E-state index contributed by atoms with van der Waals surface area (Å²) in [6.45, 7) is 4.51. The molecule has 0 aliphatic heterocycles. The summed E-state index contributed by atoms with van der Waals surface area (Å²) in [5, 5.41) is 3.66. The van der Waals surface area contributed by atoms with Gasteiger partial charge >= 0.3 is 0 Å². The lowest BCUT2D eigenvalue weighted by Crippen LogP contribution is -2.33. The maximum Gasteiger partial charge on any atom is 0.166 e. The Balaban J connectivity index is 1.67. The van der Waals surface area contributed by atoms with E-state index < -0.39 is 0 Å². The second-order valence-corrected chi connectivity index (χ2v) is 6.81. The van der Waals surface area contributed by atoms with Crippen molar-refractivity contribution in [2.75, 3.05) is 0 Å². The van der Waals surface area contributed by atoms with Crippen molar-refractivity contribution < 1.29 is 9.53 Å². The summed E-state index contributed by atoms with van der Waals surface area (Å²) in [6.07, 6.45) is 4.31. The highest BCUT2D eigenvalue weighted by Crippen LogP contribution is 2.36. The van der Waals surface area contributed by atoms with E-state index in [1.165, 1.54) is 0 Å². The van der Waals surface area contributed by atoms with Gasteiger partial charge in [0.05, 0.1) is 12.7 Å². The van der Waals surface area contributed by atoms with E-state index in [0.29, 0.717) is 17.9 Å². The number of carbonyl (C=O) groups is 1. The lowest BCUT2D eigenvalue weighted by molar-refractivity contribution is -0.00297. The van der Waals surface area contributed by atoms with E-state index in [0.717, 1.165) is 24.8 Å². The Bertz CT molecular complexity index is 844. The van der Waals surface area contributed by atoms with Gasteiger partial charge < -0.3 is 4.74 Å². The van der Waals surface area contributed by atoms with Crippen LogP contribution in [0.15, 0.2) is 72.4 Å². The van der Waals surface area contributed by atoms with E-state index in [1.54, 1.807) is 24.3 Å². The molecule has 1 unspecified atom stereocenters. The summed E-state index contributed by atoms with van der Waals surface area (Å²) < 4.78 is 6.07. The molecular weight excluding hydrogens is 338 g/mol. The summed E-state index contributed by atoms with van der Waals surface area (Å²) in [6, 6.07) is 17.0. The van der Waals surface area contributed by atoms with Gasteiger partial charge in [0.15, 0.2) is 5.78 Å². The lowest BCUT2D eigenvalue weighted by Gasteiger charge is -2.34.